The first kappa shape index (κ1) is 19.7. The molecule has 0 aromatic carbocycles. The number of rotatable bonds is 7. The number of amides is 1. The molecule has 1 N–H and O–H groups in total. The predicted molar refractivity (Wildman–Crippen MR) is 105 cm³/mol. The van der Waals surface area contributed by atoms with Crippen molar-refractivity contribution in [1.82, 2.24) is 15.1 Å². The van der Waals surface area contributed by atoms with Crippen LogP contribution in [0.3, 0.4) is 0 Å². The summed E-state index contributed by atoms with van der Waals surface area (Å²) >= 11 is 2.78. The van der Waals surface area contributed by atoms with Crippen LogP contribution >= 0.6 is 23.1 Å². The minimum absolute atomic E-state index is 0.0382. The number of anilines is 1. The smallest absolute Gasteiger partial charge is 0.236 e. The molecule has 0 spiro atoms. The van der Waals surface area contributed by atoms with Gasteiger partial charge in [0, 0.05) is 7.05 Å². The fraction of sp³-hybridized carbons (Fsp3) is 0.556. The molecule has 1 aliphatic carbocycles. The Labute approximate surface area is 167 Å². The van der Waals surface area contributed by atoms with Gasteiger partial charge >= 0.3 is 0 Å². The highest BCUT2D eigenvalue weighted by molar-refractivity contribution is 8.02. The summed E-state index contributed by atoms with van der Waals surface area (Å²) < 4.78 is 6.00. The zero-order valence-corrected chi connectivity index (χ0v) is 17.1. The normalized spacial score (nSPS) is 17.1. The lowest BCUT2D eigenvalue weighted by Crippen LogP contribution is -2.52. The Morgan fingerprint density at radius 1 is 1.48 bits per heavy atom. The van der Waals surface area contributed by atoms with Gasteiger partial charge in [-0.1, -0.05) is 42.4 Å². The molecule has 1 aliphatic rings. The number of nitrogens with one attached hydrogen (secondary N) is 1. The van der Waals surface area contributed by atoms with Crippen molar-refractivity contribution in [2.45, 2.75) is 60.7 Å². The first-order valence-electron chi connectivity index (χ1n) is 8.99. The summed E-state index contributed by atoms with van der Waals surface area (Å²) in [6.45, 7) is 2.39. The van der Waals surface area contributed by atoms with Gasteiger partial charge in [0.2, 0.25) is 11.0 Å². The Kier molecular flexibility index (Phi) is 6.39. The second kappa shape index (κ2) is 8.76. The number of nitriles is 1. The lowest BCUT2D eigenvalue weighted by atomic mass is 9.81. The molecule has 2 aromatic heterocycles. The molecule has 2 heterocycles. The average molecular weight is 406 g/mol. The molecule has 2 aromatic rings. The predicted octanol–water partition coefficient (Wildman–Crippen LogP) is 3.91. The first-order chi connectivity index (χ1) is 13.0. The summed E-state index contributed by atoms with van der Waals surface area (Å²) in [6.07, 6.45) is 6.25. The highest BCUT2D eigenvalue weighted by Gasteiger charge is 2.40. The van der Waals surface area contributed by atoms with Gasteiger partial charge in [0.1, 0.15) is 11.3 Å². The molecule has 27 heavy (non-hydrogen) atoms. The number of furan rings is 1. The third-order valence-electron chi connectivity index (χ3n) is 4.89. The molecule has 1 saturated carbocycles. The van der Waals surface area contributed by atoms with Crippen LogP contribution in [0.1, 0.15) is 44.8 Å². The summed E-state index contributed by atoms with van der Waals surface area (Å²) in [5.74, 6) is 0.780. The van der Waals surface area contributed by atoms with E-state index in [0.717, 1.165) is 42.2 Å². The minimum atomic E-state index is -0.666. The zero-order valence-electron chi connectivity index (χ0n) is 15.5. The summed E-state index contributed by atoms with van der Waals surface area (Å²) in [5.41, 5.74) is -0.666. The molecule has 144 valence electrons. The number of thioether (sulfide) groups is 1. The van der Waals surface area contributed by atoms with Gasteiger partial charge < -0.3 is 14.6 Å². The monoisotopic (exact) mass is 405 g/mol. The number of carbonyl (C=O) groups is 1. The quantitative estimate of drug-likeness (QED) is 0.698. The lowest BCUT2D eigenvalue weighted by Gasteiger charge is -2.39. The number of nitrogens with zero attached hydrogens (tertiary/aromatic N) is 4. The molecular weight excluding hydrogens is 382 g/mol. The van der Waals surface area contributed by atoms with Crippen LogP contribution in [0, 0.1) is 11.3 Å². The van der Waals surface area contributed by atoms with Crippen molar-refractivity contribution >= 4 is 34.1 Å². The maximum absolute atomic E-state index is 12.9. The zero-order chi connectivity index (χ0) is 19.3. The van der Waals surface area contributed by atoms with Gasteiger partial charge in [-0.25, -0.2) is 0 Å². The molecule has 0 unspecified atom stereocenters. The highest BCUT2D eigenvalue weighted by atomic mass is 32.2. The third kappa shape index (κ3) is 4.62. The molecule has 0 aliphatic heterocycles. The van der Waals surface area contributed by atoms with Crippen LogP contribution < -0.4 is 5.32 Å². The number of carbonyl (C=O) groups excluding carboxylic acids is 1. The van der Waals surface area contributed by atoms with Crippen LogP contribution in [-0.4, -0.2) is 38.8 Å². The molecule has 9 heteroatoms. The van der Waals surface area contributed by atoms with Crippen molar-refractivity contribution in [3.05, 3.63) is 24.2 Å². The van der Waals surface area contributed by atoms with Gasteiger partial charge in [-0.15, -0.1) is 10.2 Å². The van der Waals surface area contributed by atoms with E-state index in [1.165, 1.54) is 23.1 Å². The van der Waals surface area contributed by atoms with E-state index in [1.54, 1.807) is 18.2 Å². The Hall–Kier alpha value is -2.05. The second-order valence-electron chi connectivity index (χ2n) is 6.67. The van der Waals surface area contributed by atoms with Crippen LogP contribution in [0.2, 0.25) is 0 Å². The molecular formula is C18H23N5O2S2. The fourth-order valence-corrected chi connectivity index (χ4v) is 5.23. The number of aromatic nitrogens is 2. The topological polar surface area (TPSA) is 95.1 Å². The van der Waals surface area contributed by atoms with Gasteiger partial charge in [0.25, 0.3) is 0 Å². The number of hydrogen-bond acceptors (Lipinski definition) is 8. The SMILES string of the molecule is C[C@@H](Sc1nnc(NCc2ccco2)s1)C(=O)N(C)C1(C#N)CCCCC1. The van der Waals surface area contributed by atoms with E-state index in [9.17, 15) is 10.1 Å². The maximum Gasteiger partial charge on any atom is 0.236 e. The Bertz CT molecular complexity index is 793. The molecule has 3 rings (SSSR count). The molecule has 1 amide bonds. The molecule has 0 bridgehead atoms. The minimum Gasteiger partial charge on any atom is -0.467 e. The molecule has 7 nitrogen and oxygen atoms in total. The van der Waals surface area contributed by atoms with E-state index in [0.29, 0.717) is 11.7 Å². The van der Waals surface area contributed by atoms with Crippen molar-refractivity contribution in [1.29, 1.82) is 5.26 Å². The van der Waals surface area contributed by atoms with Crippen LogP contribution in [-0.2, 0) is 11.3 Å². The summed E-state index contributed by atoms with van der Waals surface area (Å²) in [6, 6.07) is 6.12. The average Bonchev–Trinajstić information content (AvgIpc) is 3.37. The lowest BCUT2D eigenvalue weighted by molar-refractivity contribution is -0.133. The van der Waals surface area contributed by atoms with Crippen molar-refractivity contribution in [3.8, 4) is 6.07 Å². The first-order valence-corrected chi connectivity index (χ1v) is 10.7. The maximum atomic E-state index is 12.9. The van der Waals surface area contributed by atoms with E-state index in [4.69, 9.17) is 4.42 Å². The standard InChI is InChI=1S/C18H23N5O2S2/c1-13(15(24)23(2)18(12-19)8-4-3-5-9-18)26-17-22-21-16(27-17)20-11-14-7-6-10-25-14/h6-7,10,13H,3-5,8-9,11H2,1-2H3,(H,20,21)/t13-/m1/s1. The van der Waals surface area contributed by atoms with E-state index < -0.39 is 5.54 Å². The highest BCUT2D eigenvalue weighted by Crippen LogP contribution is 2.35. The van der Waals surface area contributed by atoms with E-state index in [1.807, 2.05) is 19.1 Å². The van der Waals surface area contributed by atoms with Gasteiger partial charge in [-0.3, -0.25) is 4.79 Å². The van der Waals surface area contributed by atoms with Gasteiger partial charge in [-0.05, 0) is 31.9 Å². The van der Waals surface area contributed by atoms with Crippen LogP contribution in [0.25, 0.3) is 0 Å². The third-order valence-corrected chi connectivity index (χ3v) is 6.94. The molecule has 1 atom stereocenters. The van der Waals surface area contributed by atoms with E-state index in [2.05, 4.69) is 21.6 Å². The molecule has 1 fully saturated rings. The molecule has 0 saturated heterocycles. The van der Waals surface area contributed by atoms with Crippen LogP contribution in [0.4, 0.5) is 5.13 Å². The summed E-state index contributed by atoms with van der Waals surface area (Å²) in [4.78, 5) is 14.5. The van der Waals surface area contributed by atoms with Gasteiger partial charge in [0.15, 0.2) is 4.34 Å². The second-order valence-corrected chi connectivity index (χ2v) is 9.23. The van der Waals surface area contributed by atoms with E-state index >= 15 is 0 Å². The van der Waals surface area contributed by atoms with Crippen LogP contribution in [0.15, 0.2) is 27.2 Å². The molecule has 0 radical (unpaired) electrons. The summed E-state index contributed by atoms with van der Waals surface area (Å²) in [7, 11) is 1.75. The van der Waals surface area contributed by atoms with E-state index in [-0.39, 0.29) is 11.2 Å². The number of hydrogen-bond donors (Lipinski definition) is 1. The van der Waals surface area contributed by atoms with Crippen molar-refractivity contribution in [2.24, 2.45) is 0 Å². The Morgan fingerprint density at radius 2 is 2.26 bits per heavy atom. The summed E-state index contributed by atoms with van der Waals surface area (Å²) in [5, 5.41) is 21.5. The Morgan fingerprint density at radius 3 is 2.93 bits per heavy atom. The van der Waals surface area contributed by atoms with Crippen molar-refractivity contribution < 1.29 is 9.21 Å². The van der Waals surface area contributed by atoms with Gasteiger partial charge in [0.05, 0.1) is 24.1 Å². The van der Waals surface area contributed by atoms with Crippen molar-refractivity contribution in [2.75, 3.05) is 12.4 Å². The van der Waals surface area contributed by atoms with Gasteiger partial charge in [-0.2, -0.15) is 5.26 Å². The van der Waals surface area contributed by atoms with Crippen molar-refractivity contribution in [3.63, 3.8) is 0 Å². The largest absolute Gasteiger partial charge is 0.467 e. The Balaban J connectivity index is 1.57. The van der Waals surface area contributed by atoms with Crippen LogP contribution in [0.5, 0.6) is 0 Å². The fourth-order valence-electron chi connectivity index (χ4n) is 3.25.